The van der Waals surface area contributed by atoms with Crippen LogP contribution in [-0.4, -0.2) is 30.1 Å². The highest BCUT2D eigenvalue weighted by atomic mass is 16.5. The third-order valence-corrected chi connectivity index (χ3v) is 4.78. The van der Waals surface area contributed by atoms with Crippen LogP contribution in [0.1, 0.15) is 37.9 Å². The molecule has 1 aliphatic rings. The van der Waals surface area contributed by atoms with E-state index >= 15 is 0 Å². The Kier molecular flexibility index (Phi) is 6.22. The van der Waals surface area contributed by atoms with E-state index in [0.717, 1.165) is 11.1 Å². The predicted octanol–water partition coefficient (Wildman–Crippen LogP) is 4.19. The van der Waals surface area contributed by atoms with E-state index in [2.05, 4.69) is 5.32 Å². The highest BCUT2D eigenvalue weighted by molar-refractivity contribution is 5.95. The number of esters is 1. The molecule has 0 spiro atoms. The van der Waals surface area contributed by atoms with Gasteiger partial charge in [-0.1, -0.05) is 42.5 Å². The molecule has 6 heteroatoms. The Morgan fingerprint density at radius 3 is 2.38 bits per heavy atom. The Bertz CT molecular complexity index is 904. The quantitative estimate of drug-likeness (QED) is 0.746. The second kappa shape index (κ2) is 8.82. The van der Waals surface area contributed by atoms with Gasteiger partial charge in [0.25, 0.3) is 0 Å². The number of hydrogen-bond donors (Lipinski definition) is 1. The molecule has 0 fully saturated rings. The largest absolute Gasteiger partial charge is 0.489 e. The number of hydrogen-bond acceptors (Lipinski definition) is 4. The molecule has 0 radical (unpaired) electrons. The molecule has 2 amide bonds. The van der Waals surface area contributed by atoms with Crippen LogP contribution in [0, 0.1) is 0 Å². The van der Waals surface area contributed by atoms with E-state index in [0.29, 0.717) is 23.6 Å². The summed E-state index contributed by atoms with van der Waals surface area (Å²) < 4.78 is 11.2. The van der Waals surface area contributed by atoms with Crippen molar-refractivity contribution < 1.29 is 19.1 Å². The van der Waals surface area contributed by atoms with Crippen LogP contribution in [-0.2, 0) is 16.1 Å². The summed E-state index contributed by atoms with van der Waals surface area (Å²) in [5, 5.41) is 2.88. The fourth-order valence-electron chi connectivity index (χ4n) is 3.12. The zero-order chi connectivity index (χ0) is 21.0. The molecule has 1 N–H and O–H groups in total. The van der Waals surface area contributed by atoms with Crippen molar-refractivity contribution in [3.05, 3.63) is 77.0 Å². The summed E-state index contributed by atoms with van der Waals surface area (Å²) >= 11 is 0. The highest BCUT2D eigenvalue weighted by Crippen LogP contribution is 2.31. The monoisotopic (exact) mass is 394 g/mol. The SMILES string of the molecule is CC1=C(C(=O)OC(C)C)[C@@H](c2ccc(OCc3ccccc3)cc2)NC(=O)N1C. The third-order valence-electron chi connectivity index (χ3n) is 4.78. The maximum Gasteiger partial charge on any atom is 0.338 e. The minimum absolute atomic E-state index is 0.250. The Morgan fingerprint density at radius 1 is 1.10 bits per heavy atom. The first-order valence-corrected chi connectivity index (χ1v) is 9.59. The zero-order valence-electron chi connectivity index (χ0n) is 17.1. The van der Waals surface area contributed by atoms with E-state index in [1.165, 1.54) is 4.90 Å². The fourth-order valence-corrected chi connectivity index (χ4v) is 3.12. The molecule has 0 bridgehead atoms. The van der Waals surface area contributed by atoms with Gasteiger partial charge in [-0.15, -0.1) is 0 Å². The Labute approximate surface area is 171 Å². The number of ether oxygens (including phenoxy) is 2. The molecule has 1 heterocycles. The average molecular weight is 394 g/mol. The van der Waals surface area contributed by atoms with E-state index in [9.17, 15) is 9.59 Å². The van der Waals surface area contributed by atoms with Gasteiger partial charge in [0.05, 0.1) is 17.7 Å². The van der Waals surface area contributed by atoms with Crippen LogP contribution >= 0.6 is 0 Å². The van der Waals surface area contributed by atoms with E-state index in [1.807, 2.05) is 54.6 Å². The summed E-state index contributed by atoms with van der Waals surface area (Å²) in [7, 11) is 1.63. The summed E-state index contributed by atoms with van der Waals surface area (Å²) in [6, 6.07) is 16.4. The summed E-state index contributed by atoms with van der Waals surface area (Å²) in [5.74, 6) is 0.280. The lowest BCUT2D eigenvalue weighted by atomic mass is 9.95. The summed E-state index contributed by atoms with van der Waals surface area (Å²) in [4.78, 5) is 26.4. The molecular formula is C23H26N2O4. The van der Waals surface area contributed by atoms with Crippen molar-refractivity contribution in [2.75, 3.05) is 7.05 Å². The molecule has 1 atom stereocenters. The highest BCUT2D eigenvalue weighted by Gasteiger charge is 2.35. The molecule has 6 nitrogen and oxygen atoms in total. The van der Waals surface area contributed by atoms with Crippen LogP contribution in [0.15, 0.2) is 65.9 Å². The van der Waals surface area contributed by atoms with Gasteiger partial charge in [0, 0.05) is 12.7 Å². The van der Waals surface area contributed by atoms with E-state index < -0.39 is 12.0 Å². The van der Waals surface area contributed by atoms with Gasteiger partial charge in [0.1, 0.15) is 12.4 Å². The first kappa shape index (κ1) is 20.5. The van der Waals surface area contributed by atoms with Gasteiger partial charge in [0.2, 0.25) is 0 Å². The number of allylic oxidation sites excluding steroid dienone is 1. The molecule has 3 rings (SSSR count). The Morgan fingerprint density at radius 2 is 1.76 bits per heavy atom. The van der Waals surface area contributed by atoms with E-state index in [1.54, 1.807) is 27.8 Å². The number of carbonyl (C=O) groups is 2. The van der Waals surface area contributed by atoms with Crippen LogP contribution in [0.5, 0.6) is 5.75 Å². The molecule has 29 heavy (non-hydrogen) atoms. The van der Waals surface area contributed by atoms with Crippen molar-refractivity contribution in [2.24, 2.45) is 0 Å². The van der Waals surface area contributed by atoms with Gasteiger partial charge in [-0.05, 0) is 44.0 Å². The zero-order valence-corrected chi connectivity index (χ0v) is 17.1. The predicted molar refractivity (Wildman–Crippen MR) is 110 cm³/mol. The third kappa shape index (κ3) is 4.77. The minimum Gasteiger partial charge on any atom is -0.489 e. The number of nitrogens with zero attached hydrogens (tertiary/aromatic N) is 1. The number of amides is 2. The lowest BCUT2D eigenvalue weighted by Crippen LogP contribution is -2.46. The van der Waals surface area contributed by atoms with Crippen molar-refractivity contribution in [3.63, 3.8) is 0 Å². The lowest BCUT2D eigenvalue weighted by Gasteiger charge is -2.33. The number of nitrogens with one attached hydrogen (secondary N) is 1. The normalized spacial score (nSPS) is 16.7. The molecule has 152 valence electrons. The van der Waals surface area contributed by atoms with Crippen molar-refractivity contribution in [1.82, 2.24) is 10.2 Å². The van der Waals surface area contributed by atoms with Gasteiger partial charge >= 0.3 is 12.0 Å². The van der Waals surface area contributed by atoms with Crippen LogP contribution in [0.4, 0.5) is 4.79 Å². The summed E-state index contributed by atoms with van der Waals surface area (Å²) in [5.41, 5.74) is 2.87. The molecular weight excluding hydrogens is 368 g/mol. The van der Waals surface area contributed by atoms with Crippen molar-refractivity contribution >= 4 is 12.0 Å². The number of rotatable bonds is 6. The minimum atomic E-state index is -0.576. The average Bonchev–Trinajstić information content (AvgIpc) is 2.70. The molecule has 0 saturated carbocycles. The van der Waals surface area contributed by atoms with Crippen LogP contribution in [0.25, 0.3) is 0 Å². The number of urea groups is 1. The second-order valence-electron chi connectivity index (χ2n) is 7.24. The van der Waals surface area contributed by atoms with Gasteiger partial charge in [-0.3, -0.25) is 0 Å². The summed E-state index contributed by atoms with van der Waals surface area (Å²) in [6.07, 6.45) is -0.250. The number of carbonyl (C=O) groups excluding carboxylic acids is 2. The Hall–Kier alpha value is -3.28. The fraction of sp³-hybridized carbons (Fsp3) is 0.304. The number of benzene rings is 2. The molecule has 0 unspecified atom stereocenters. The Balaban J connectivity index is 1.81. The molecule has 0 aliphatic carbocycles. The van der Waals surface area contributed by atoms with Crippen LogP contribution < -0.4 is 10.1 Å². The maximum absolute atomic E-state index is 12.7. The van der Waals surface area contributed by atoms with Crippen LogP contribution in [0.2, 0.25) is 0 Å². The molecule has 0 saturated heterocycles. The topological polar surface area (TPSA) is 67.9 Å². The first-order chi connectivity index (χ1) is 13.9. The molecule has 0 aromatic heterocycles. The van der Waals surface area contributed by atoms with Gasteiger partial charge < -0.3 is 19.7 Å². The van der Waals surface area contributed by atoms with Crippen molar-refractivity contribution in [2.45, 2.75) is 39.5 Å². The van der Waals surface area contributed by atoms with Crippen molar-refractivity contribution in [3.8, 4) is 5.75 Å². The standard InChI is InChI=1S/C23H26N2O4/c1-15(2)29-22(26)20-16(3)25(4)23(27)24-21(20)18-10-12-19(13-11-18)28-14-17-8-6-5-7-9-17/h5-13,15,21H,14H2,1-4H3,(H,24,27)/t21-/m1/s1. The molecule has 1 aliphatic heterocycles. The van der Waals surface area contributed by atoms with E-state index in [4.69, 9.17) is 9.47 Å². The van der Waals surface area contributed by atoms with Crippen LogP contribution in [0.3, 0.4) is 0 Å². The van der Waals surface area contributed by atoms with E-state index in [-0.39, 0.29) is 12.1 Å². The summed E-state index contributed by atoms with van der Waals surface area (Å²) in [6.45, 7) is 5.82. The maximum atomic E-state index is 12.7. The molecule has 2 aromatic carbocycles. The second-order valence-corrected chi connectivity index (χ2v) is 7.24. The van der Waals surface area contributed by atoms with Crippen molar-refractivity contribution in [1.29, 1.82) is 0 Å². The van der Waals surface area contributed by atoms with Gasteiger partial charge in [-0.25, -0.2) is 9.59 Å². The van der Waals surface area contributed by atoms with Gasteiger partial charge in [-0.2, -0.15) is 0 Å². The van der Waals surface area contributed by atoms with Gasteiger partial charge in [0.15, 0.2) is 0 Å². The lowest BCUT2D eigenvalue weighted by molar-refractivity contribution is -0.143. The smallest absolute Gasteiger partial charge is 0.338 e. The molecule has 2 aromatic rings. The first-order valence-electron chi connectivity index (χ1n) is 9.59.